The Labute approximate surface area is 104 Å². The molecule has 1 aliphatic carbocycles. The summed E-state index contributed by atoms with van der Waals surface area (Å²) < 4.78 is 4.78. The molecule has 6 heteroatoms. The largest absolute Gasteiger partial charge is 0.481 e. The van der Waals surface area contributed by atoms with Crippen LogP contribution >= 0.6 is 0 Å². The van der Waals surface area contributed by atoms with Gasteiger partial charge >= 0.3 is 17.9 Å². The summed E-state index contributed by atoms with van der Waals surface area (Å²) in [5.41, 5.74) is 0. The smallest absolute Gasteiger partial charge is 0.314 e. The minimum Gasteiger partial charge on any atom is -0.481 e. The fourth-order valence-electron chi connectivity index (χ4n) is 2.17. The maximum absolute atomic E-state index is 11.7. The van der Waals surface area contributed by atoms with Crippen molar-refractivity contribution in [1.29, 1.82) is 0 Å². The van der Waals surface area contributed by atoms with Gasteiger partial charge in [0, 0.05) is 0 Å². The third-order valence-corrected chi connectivity index (χ3v) is 3.14. The number of esters is 1. The zero-order valence-electron chi connectivity index (χ0n) is 10.0. The highest BCUT2D eigenvalue weighted by molar-refractivity contribution is 5.82. The molecule has 6 nitrogen and oxygen atoms in total. The molecule has 0 heterocycles. The van der Waals surface area contributed by atoms with E-state index in [-0.39, 0.29) is 12.8 Å². The molecule has 0 saturated heterocycles. The monoisotopic (exact) mass is 256 g/mol. The van der Waals surface area contributed by atoms with Gasteiger partial charge in [0.25, 0.3) is 0 Å². The van der Waals surface area contributed by atoms with Crippen LogP contribution < -0.4 is 0 Å². The summed E-state index contributed by atoms with van der Waals surface area (Å²) in [5, 5.41) is 17.9. The summed E-state index contributed by atoms with van der Waals surface area (Å²) in [5.74, 6) is -5.22. The lowest BCUT2D eigenvalue weighted by Crippen LogP contribution is -2.38. The minimum absolute atomic E-state index is 0.0275. The second-order valence-corrected chi connectivity index (χ2v) is 4.31. The topological polar surface area (TPSA) is 101 Å². The number of carbonyl (C=O) groups excluding carboxylic acids is 1. The number of ether oxygens (including phenoxy) is 1. The summed E-state index contributed by atoms with van der Waals surface area (Å²) in [6, 6.07) is 0. The van der Waals surface area contributed by atoms with Crippen molar-refractivity contribution in [2.75, 3.05) is 0 Å². The van der Waals surface area contributed by atoms with E-state index in [2.05, 4.69) is 0 Å². The van der Waals surface area contributed by atoms with Crippen LogP contribution in [0.25, 0.3) is 0 Å². The lowest BCUT2D eigenvalue weighted by molar-refractivity contribution is -0.159. The molecule has 0 aromatic rings. The lowest BCUT2D eigenvalue weighted by Gasteiger charge is -2.29. The predicted molar refractivity (Wildman–Crippen MR) is 60.5 cm³/mol. The van der Waals surface area contributed by atoms with E-state index < -0.39 is 35.7 Å². The molecule has 0 amide bonds. The van der Waals surface area contributed by atoms with Crippen LogP contribution in [0.5, 0.6) is 0 Å². The van der Waals surface area contributed by atoms with Gasteiger partial charge in [-0.2, -0.15) is 0 Å². The molecule has 100 valence electrons. The Bertz CT molecular complexity index is 373. The lowest BCUT2D eigenvalue weighted by atomic mass is 9.74. The summed E-state index contributed by atoms with van der Waals surface area (Å²) in [6.07, 6.45) is 3.22. The normalized spacial score (nSPS) is 27.9. The third-order valence-electron chi connectivity index (χ3n) is 3.14. The fourth-order valence-corrected chi connectivity index (χ4v) is 2.17. The van der Waals surface area contributed by atoms with Gasteiger partial charge in [0.1, 0.15) is 0 Å². The first-order valence-corrected chi connectivity index (χ1v) is 5.74. The standard InChI is InChI=1S/C12H16O6/c1-2-5-18-12(17)8-4-3-7(10(13)14)6-9(8)11(15)16/h2,5,7-9H,3-4,6H2,1H3,(H,13,14)(H,15,16). The second kappa shape index (κ2) is 6.18. The zero-order valence-corrected chi connectivity index (χ0v) is 10.0. The second-order valence-electron chi connectivity index (χ2n) is 4.31. The quantitative estimate of drug-likeness (QED) is 0.580. The molecule has 0 aromatic heterocycles. The summed E-state index contributed by atoms with van der Waals surface area (Å²) in [6.45, 7) is 1.67. The molecule has 1 fully saturated rings. The van der Waals surface area contributed by atoms with Crippen LogP contribution in [0.1, 0.15) is 26.2 Å². The van der Waals surface area contributed by atoms with E-state index in [4.69, 9.17) is 14.9 Å². The van der Waals surface area contributed by atoms with Crippen molar-refractivity contribution in [3.8, 4) is 0 Å². The Morgan fingerprint density at radius 2 is 1.78 bits per heavy atom. The van der Waals surface area contributed by atoms with Gasteiger partial charge in [0.2, 0.25) is 0 Å². The van der Waals surface area contributed by atoms with E-state index >= 15 is 0 Å². The van der Waals surface area contributed by atoms with Gasteiger partial charge in [-0.05, 0) is 26.2 Å². The Kier molecular flexibility index (Phi) is 4.88. The summed E-state index contributed by atoms with van der Waals surface area (Å²) in [7, 11) is 0. The molecule has 0 radical (unpaired) electrons. The minimum atomic E-state index is -1.15. The maximum atomic E-state index is 11.7. The molecule has 18 heavy (non-hydrogen) atoms. The number of hydrogen-bond donors (Lipinski definition) is 2. The van der Waals surface area contributed by atoms with Gasteiger partial charge in [-0.15, -0.1) is 0 Å². The van der Waals surface area contributed by atoms with E-state index in [0.29, 0.717) is 6.42 Å². The van der Waals surface area contributed by atoms with E-state index in [9.17, 15) is 14.4 Å². The molecular weight excluding hydrogens is 240 g/mol. The van der Waals surface area contributed by atoms with Crippen LogP contribution in [-0.4, -0.2) is 28.1 Å². The predicted octanol–water partition coefficient (Wildman–Crippen LogP) is 1.26. The molecule has 0 bridgehead atoms. The van der Waals surface area contributed by atoms with Crippen molar-refractivity contribution in [2.45, 2.75) is 26.2 Å². The van der Waals surface area contributed by atoms with Crippen LogP contribution in [0.4, 0.5) is 0 Å². The van der Waals surface area contributed by atoms with Gasteiger partial charge in [-0.1, -0.05) is 6.08 Å². The van der Waals surface area contributed by atoms with Gasteiger partial charge in [0.05, 0.1) is 24.0 Å². The van der Waals surface area contributed by atoms with Gasteiger partial charge < -0.3 is 14.9 Å². The summed E-state index contributed by atoms with van der Waals surface area (Å²) >= 11 is 0. The average Bonchev–Trinajstić information content (AvgIpc) is 2.34. The number of rotatable bonds is 4. The Morgan fingerprint density at radius 3 is 2.28 bits per heavy atom. The Hall–Kier alpha value is -1.85. The van der Waals surface area contributed by atoms with Crippen molar-refractivity contribution in [3.63, 3.8) is 0 Å². The number of carbonyl (C=O) groups is 3. The molecular formula is C12H16O6. The molecule has 3 unspecified atom stereocenters. The van der Waals surface area contributed by atoms with E-state index in [0.717, 1.165) is 0 Å². The van der Waals surface area contributed by atoms with Crippen molar-refractivity contribution in [3.05, 3.63) is 12.3 Å². The highest BCUT2D eigenvalue weighted by Crippen LogP contribution is 2.35. The van der Waals surface area contributed by atoms with Gasteiger partial charge in [-0.25, -0.2) is 0 Å². The molecule has 3 atom stereocenters. The Morgan fingerprint density at radius 1 is 1.11 bits per heavy atom. The third kappa shape index (κ3) is 3.32. The maximum Gasteiger partial charge on any atom is 0.314 e. The van der Waals surface area contributed by atoms with Crippen LogP contribution in [0.15, 0.2) is 12.3 Å². The van der Waals surface area contributed by atoms with Gasteiger partial charge in [0.15, 0.2) is 0 Å². The van der Waals surface area contributed by atoms with Crippen LogP contribution in [0.2, 0.25) is 0 Å². The van der Waals surface area contributed by atoms with Crippen LogP contribution in [0.3, 0.4) is 0 Å². The van der Waals surface area contributed by atoms with E-state index in [1.807, 2.05) is 0 Å². The molecule has 0 spiro atoms. The van der Waals surface area contributed by atoms with Crippen molar-refractivity contribution >= 4 is 17.9 Å². The Balaban J connectivity index is 2.76. The first-order valence-electron chi connectivity index (χ1n) is 5.74. The van der Waals surface area contributed by atoms with Crippen molar-refractivity contribution < 1.29 is 29.3 Å². The number of carboxylic acid groups (broad SMARTS) is 2. The van der Waals surface area contributed by atoms with Crippen molar-refractivity contribution in [1.82, 2.24) is 0 Å². The molecule has 2 N–H and O–H groups in total. The van der Waals surface area contributed by atoms with E-state index in [1.165, 1.54) is 12.3 Å². The molecule has 1 rings (SSSR count). The fraction of sp³-hybridized carbons (Fsp3) is 0.583. The van der Waals surface area contributed by atoms with Crippen LogP contribution in [0, 0.1) is 17.8 Å². The van der Waals surface area contributed by atoms with E-state index in [1.54, 1.807) is 6.92 Å². The first-order chi connectivity index (χ1) is 8.47. The highest BCUT2D eigenvalue weighted by Gasteiger charge is 2.42. The number of hydrogen-bond acceptors (Lipinski definition) is 4. The average molecular weight is 256 g/mol. The van der Waals surface area contributed by atoms with Gasteiger partial charge in [-0.3, -0.25) is 14.4 Å². The first kappa shape index (κ1) is 14.2. The molecule has 0 aromatic carbocycles. The number of aliphatic carboxylic acids is 2. The molecule has 0 aliphatic heterocycles. The highest BCUT2D eigenvalue weighted by atomic mass is 16.5. The summed E-state index contributed by atoms with van der Waals surface area (Å²) in [4.78, 5) is 33.6. The van der Waals surface area contributed by atoms with Crippen molar-refractivity contribution in [2.24, 2.45) is 17.8 Å². The number of carboxylic acids is 2. The molecule has 1 saturated carbocycles. The number of allylic oxidation sites excluding steroid dienone is 1. The molecule has 1 aliphatic rings. The zero-order chi connectivity index (χ0) is 13.7. The SMILES string of the molecule is CC=COC(=O)C1CCC(C(=O)O)CC1C(=O)O. The van der Waals surface area contributed by atoms with Crippen LogP contribution in [-0.2, 0) is 19.1 Å².